The average Bonchev–Trinajstić information content (AvgIpc) is 2.31. The molecule has 0 spiro atoms. The van der Waals surface area contributed by atoms with Crippen LogP contribution in [0.3, 0.4) is 0 Å². The highest BCUT2D eigenvalue weighted by Gasteiger charge is 2.14. The van der Waals surface area contributed by atoms with Crippen molar-refractivity contribution in [3.63, 3.8) is 0 Å². The maximum Gasteiger partial charge on any atom is 0.284 e. The zero-order valence-electron chi connectivity index (χ0n) is 10.8. The Morgan fingerprint density at radius 3 is 2.44 bits per heavy atom. The van der Waals surface area contributed by atoms with Crippen LogP contribution in [0.25, 0.3) is 0 Å². The molecule has 0 aliphatic heterocycles. The van der Waals surface area contributed by atoms with Crippen LogP contribution in [0.1, 0.15) is 20.8 Å². The maximum absolute atomic E-state index is 11.6. The first-order valence-corrected chi connectivity index (χ1v) is 6.20. The third-order valence-electron chi connectivity index (χ3n) is 2.09. The Hall–Kier alpha value is -1.26. The first kappa shape index (κ1) is 14.8. The third kappa shape index (κ3) is 5.38. The summed E-state index contributed by atoms with van der Waals surface area (Å²) in [6.45, 7) is 6.13. The van der Waals surface area contributed by atoms with Crippen LogP contribution >= 0.6 is 11.6 Å². The number of benzene rings is 1. The van der Waals surface area contributed by atoms with E-state index in [0.29, 0.717) is 23.3 Å². The summed E-state index contributed by atoms with van der Waals surface area (Å²) >= 11 is 5.75. The molecule has 0 radical (unpaired) electrons. The highest BCUT2D eigenvalue weighted by atomic mass is 35.5. The lowest BCUT2D eigenvalue weighted by Gasteiger charge is -2.15. The molecule has 1 N–H and O–H groups in total. The Kier molecular flexibility index (Phi) is 5.95. The van der Waals surface area contributed by atoms with Crippen molar-refractivity contribution in [1.82, 2.24) is 5.48 Å². The number of hydrogen-bond donors (Lipinski definition) is 1. The molecule has 18 heavy (non-hydrogen) atoms. The average molecular weight is 272 g/mol. The Labute approximate surface area is 112 Å². The van der Waals surface area contributed by atoms with E-state index in [4.69, 9.17) is 21.2 Å². The second-order valence-electron chi connectivity index (χ2n) is 4.39. The van der Waals surface area contributed by atoms with Crippen LogP contribution in [-0.2, 0) is 9.63 Å². The molecule has 1 rings (SSSR count). The molecule has 1 aromatic rings. The number of hydroxylamine groups is 1. The minimum absolute atomic E-state index is 0.314. The predicted octanol–water partition coefficient (Wildman–Crippen LogP) is 2.81. The summed E-state index contributed by atoms with van der Waals surface area (Å²) in [6.07, 6.45) is -0.627. The quantitative estimate of drug-likeness (QED) is 0.810. The molecule has 5 heteroatoms. The fourth-order valence-electron chi connectivity index (χ4n) is 1.13. The number of rotatable bonds is 6. The van der Waals surface area contributed by atoms with Gasteiger partial charge in [0, 0.05) is 5.02 Å². The molecule has 1 unspecified atom stereocenters. The Morgan fingerprint density at radius 1 is 1.28 bits per heavy atom. The summed E-state index contributed by atoms with van der Waals surface area (Å²) < 4.78 is 5.44. The summed E-state index contributed by atoms with van der Waals surface area (Å²) in [5.41, 5.74) is 2.36. The topological polar surface area (TPSA) is 47.6 Å². The molecule has 4 nitrogen and oxygen atoms in total. The Balaban J connectivity index is 2.37. The van der Waals surface area contributed by atoms with E-state index in [1.807, 2.05) is 13.8 Å². The molecule has 0 aromatic heterocycles. The second-order valence-corrected chi connectivity index (χ2v) is 4.82. The molecule has 0 aliphatic carbocycles. The number of carbonyl (C=O) groups is 1. The van der Waals surface area contributed by atoms with Gasteiger partial charge in [-0.25, -0.2) is 5.48 Å². The van der Waals surface area contributed by atoms with Crippen LogP contribution in [0.5, 0.6) is 5.75 Å². The van der Waals surface area contributed by atoms with Gasteiger partial charge in [0.25, 0.3) is 5.91 Å². The van der Waals surface area contributed by atoms with Crippen molar-refractivity contribution < 1.29 is 14.4 Å². The number of ether oxygens (including phenoxy) is 1. The summed E-state index contributed by atoms with van der Waals surface area (Å²) in [5, 5.41) is 0.625. The first-order chi connectivity index (χ1) is 8.49. The Morgan fingerprint density at radius 2 is 1.89 bits per heavy atom. The van der Waals surface area contributed by atoms with Crippen LogP contribution in [0.15, 0.2) is 24.3 Å². The van der Waals surface area contributed by atoms with E-state index < -0.39 is 6.10 Å². The molecule has 1 aromatic carbocycles. The van der Waals surface area contributed by atoms with E-state index in [0.717, 1.165) is 0 Å². The Bertz CT molecular complexity index is 378. The first-order valence-electron chi connectivity index (χ1n) is 5.83. The number of carbonyl (C=O) groups excluding carboxylic acids is 1. The molecule has 0 saturated heterocycles. The number of amides is 1. The van der Waals surface area contributed by atoms with E-state index in [1.165, 1.54) is 0 Å². The van der Waals surface area contributed by atoms with Gasteiger partial charge in [-0.1, -0.05) is 25.4 Å². The third-order valence-corrected chi connectivity index (χ3v) is 2.34. The molecular formula is C13H18ClNO3. The van der Waals surface area contributed by atoms with Crippen molar-refractivity contribution in [1.29, 1.82) is 0 Å². The van der Waals surface area contributed by atoms with E-state index in [9.17, 15) is 4.79 Å². The van der Waals surface area contributed by atoms with E-state index in [-0.39, 0.29) is 5.91 Å². The summed E-state index contributed by atoms with van der Waals surface area (Å²) in [4.78, 5) is 16.6. The zero-order chi connectivity index (χ0) is 13.5. The van der Waals surface area contributed by atoms with Crippen LogP contribution in [0.4, 0.5) is 0 Å². The minimum atomic E-state index is -0.627. The molecule has 0 saturated carbocycles. The van der Waals surface area contributed by atoms with Crippen molar-refractivity contribution >= 4 is 17.5 Å². The van der Waals surface area contributed by atoms with Gasteiger partial charge in [-0.15, -0.1) is 0 Å². The lowest BCUT2D eigenvalue weighted by Crippen LogP contribution is -2.37. The lowest BCUT2D eigenvalue weighted by atomic mass is 10.2. The fourth-order valence-corrected chi connectivity index (χ4v) is 1.26. The molecule has 0 fully saturated rings. The zero-order valence-corrected chi connectivity index (χ0v) is 11.5. The largest absolute Gasteiger partial charge is 0.481 e. The lowest BCUT2D eigenvalue weighted by molar-refractivity contribution is -0.140. The minimum Gasteiger partial charge on any atom is -0.481 e. The van der Waals surface area contributed by atoms with Crippen LogP contribution in [-0.4, -0.2) is 18.6 Å². The van der Waals surface area contributed by atoms with E-state index in [1.54, 1.807) is 31.2 Å². The van der Waals surface area contributed by atoms with Gasteiger partial charge in [0.2, 0.25) is 0 Å². The van der Waals surface area contributed by atoms with E-state index >= 15 is 0 Å². The summed E-state index contributed by atoms with van der Waals surface area (Å²) in [6, 6.07) is 6.83. The molecule has 0 aliphatic rings. The predicted molar refractivity (Wildman–Crippen MR) is 70.5 cm³/mol. The van der Waals surface area contributed by atoms with Gasteiger partial charge in [0.1, 0.15) is 5.75 Å². The van der Waals surface area contributed by atoms with Gasteiger partial charge < -0.3 is 4.74 Å². The smallest absolute Gasteiger partial charge is 0.284 e. The second kappa shape index (κ2) is 7.24. The van der Waals surface area contributed by atoms with Gasteiger partial charge in [-0.05, 0) is 37.1 Å². The monoisotopic (exact) mass is 271 g/mol. The van der Waals surface area contributed by atoms with Crippen LogP contribution in [0.2, 0.25) is 5.02 Å². The normalized spacial score (nSPS) is 12.3. The molecule has 1 amide bonds. The van der Waals surface area contributed by atoms with Crippen LogP contribution in [0, 0.1) is 5.92 Å². The van der Waals surface area contributed by atoms with Gasteiger partial charge in [0.05, 0.1) is 6.61 Å². The molecule has 100 valence electrons. The van der Waals surface area contributed by atoms with E-state index in [2.05, 4.69) is 5.48 Å². The van der Waals surface area contributed by atoms with Crippen molar-refractivity contribution in [3.05, 3.63) is 29.3 Å². The van der Waals surface area contributed by atoms with Gasteiger partial charge in [0.15, 0.2) is 6.10 Å². The van der Waals surface area contributed by atoms with Crippen molar-refractivity contribution in [2.75, 3.05) is 6.61 Å². The van der Waals surface area contributed by atoms with Crippen molar-refractivity contribution in [2.45, 2.75) is 26.9 Å². The van der Waals surface area contributed by atoms with Crippen LogP contribution < -0.4 is 10.2 Å². The molecule has 0 heterocycles. The molecular weight excluding hydrogens is 254 g/mol. The highest BCUT2D eigenvalue weighted by Crippen LogP contribution is 2.16. The SMILES string of the molecule is CC(C)CONC(=O)C(C)Oc1ccc(Cl)cc1. The van der Waals surface area contributed by atoms with Gasteiger partial charge in [-0.2, -0.15) is 0 Å². The maximum atomic E-state index is 11.6. The molecule has 1 atom stereocenters. The van der Waals surface area contributed by atoms with Crippen molar-refractivity contribution in [3.8, 4) is 5.75 Å². The fraction of sp³-hybridized carbons (Fsp3) is 0.462. The standard InChI is InChI=1S/C13H18ClNO3/c1-9(2)8-17-15-13(16)10(3)18-12-6-4-11(14)5-7-12/h4-7,9-10H,8H2,1-3H3,(H,15,16). The number of nitrogens with one attached hydrogen (secondary N) is 1. The summed E-state index contributed by atoms with van der Waals surface area (Å²) in [5.74, 6) is 0.634. The number of halogens is 1. The highest BCUT2D eigenvalue weighted by molar-refractivity contribution is 6.30. The van der Waals surface area contributed by atoms with Crippen molar-refractivity contribution in [2.24, 2.45) is 5.92 Å². The van der Waals surface area contributed by atoms with Gasteiger partial charge >= 0.3 is 0 Å². The van der Waals surface area contributed by atoms with Gasteiger partial charge in [-0.3, -0.25) is 9.63 Å². The summed E-state index contributed by atoms with van der Waals surface area (Å²) in [7, 11) is 0. The number of hydrogen-bond acceptors (Lipinski definition) is 3. The molecule has 0 bridgehead atoms.